The second-order valence-electron chi connectivity index (χ2n) is 6.65. The first-order valence-corrected chi connectivity index (χ1v) is 8.22. The molecule has 6 heteroatoms. The Hall–Kier alpha value is -1.85. The van der Waals surface area contributed by atoms with Gasteiger partial charge in [-0.15, -0.1) is 0 Å². The number of imide groups is 1. The van der Waals surface area contributed by atoms with E-state index in [2.05, 4.69) is 31.2 Å². The summed E-state index contributed by atoms with van der Waals surface area (Å²) in [6.45, 7) is 7.09. The van der Waals surface area contributed by atoms with Gasteiger partial charge in [-0.05, 0) is 31.6 Å². The molecule has 0 unspecified atom stereocenters. The number of rotatable bonds is 5. The Morgan fingerprint density at radius 1 is 1.36 bits per heavy atom. The number of hydrogen-bond acceptors (Lipinski definition) is 3. The summed E-state index contributed by atoms with van der Waals surface area (Å²) in [5.41, 5.74) is 0.974. The summed E-state index contributed by atoms with van der Waals surface area (Å²) >= 11 is 0. The van der Waals surface area contributed by atoms with E-state index < -0.39 is 5.54 Å². The fourth-order valence-corrected chi connectivity index (χ4v) is 3.35. The summed E-state index contributed by atoms with van der Waals surface area (Å²) in [5, 5.41) is 7.31. The lowest BCUT2D eigenvalue weighted by Crippen LogP contribution is -2.52. The van der Waals surface area contributed by atoms with Crippen LogP contribution in [0.4, 0.5) is 10.5 Å². The quantitative estimate of drug-likeness (QED) is 0.851. The van der Waals surface area contributed by atoms with Crippen LogP contribution in [-0.4, -0.2) is 27.3 Å². The van der Waals surface area contributed by atoms with Gasteiger partial charge in [0.15, 0.2) is 0 Å². The van der Waals surface area contributed by atoms with E-state index in [0.29, 0.717) is 5.69 Å². The predicted molar refractivity (Wildman–Crippen MR) is 83.8 cm³/mol. The second-order valence-corrected chi connectivity index (χ2v) is 6.65. The topological polar surface area (TPSA) is 67.2 Å². The van der Waals surface area contributed by atoms with Crippen LogP contribution in [0.3, 0.4) is 0 Å². The standard InChI is InChI=1S/C16H24N4O2/c1-4-5-9-19-13(11(2)3)12(10-17-19)20-14(21)16(7-6-8-16)18-15(20)22/h10-11H,4-9H2,1-3H3,(H,18,22). The number of hydrogen-bond donors (Lipinski definition) is 1. The van der Waals surface area contributed by atoms with E-state index in [9.17, 15) is 9.59 Å². The van der Waals surface area contributed by atoms with Crippen LogP contribution in [-0.2, 0) is 11.3 Å². The third-order valence-electron chi connectivity index (χ3n) is 4.74. The molecular formula is C16H24N4O2. The van der Waals surface area contributed by atoms with Gasteiger partial charge in [-0.2, -0.15) is 5.10 Å². The highest BCUT2D eigenvalue weighted by molar-refractivity contribution is 6.23. The Labute approximate surface area is 130 Å². The molecule has 1 saturated carbocycles. The van der Waals surface area contributed by atoms with Crippen molar-refractivity contribution in [2.24, 2.45) is 0 Å². The molecule has 1 aliphatic carbocycles. The minimum absolute atomic E-state index is 0.110. The van der Waals surface area contributed by atoms with Crippen LogP contribution in [0.2, 0.25) is 0 Å². The van der Waals surface area contributed by atoms with Gasteiger partial charge in [0.2, 0.25) is 0 Å². The Bertz CT molecular complexity index is 601. The van der Waals surface area contributed by atoms with Gasteiger partial charge in [-0.25, -0.2) is 9.69 Å². The van der Waals surface area contributed by atoms with E-state index in [-0.39, 0.29) is 17.9 Å². The molecule has 1 aromatic heterocycles. The number of nitrogens with one attached hydrogen (secondary N) is 1. The lowest BCUT2D eigenvalue weighted by atomic mass is 9.77. The van der Waals surface area contributed by atoms with Crippen LogP contribution in [0.5, 0.6) is 0 Å². The van der Waals surface area contributed by atoms with Crippen LogP contribution < -0.4 is 10.2 Å². The van der Waals surface area contributed by atoms with Gasteiger partial charge in [-0.1, -0.05) is 27.2 Å². The number of amides is 3. The van der Waals surface area contributed by atoms with Gasteiger partial charge in [0, 0.05) is 6.54 Å². The number of nitrogens with zero attached hydrogens (tertiary/aromatic N) is 3. The van der Waals surface area contributed by atoms with Crippen molar-refractivity contribution in [1.29, 1.82) is 0 Å². The average Bonchev–Trinajstić information content (AvgIpc) is 2.94. The zero-order valence-electron chi connectivity index (χ0n) is 13.6. The van der Waals surface area contributed by atoms with Gasteiger partial charge in [0.25, 0.3) is 5.91 Å². The fourth-order valence-electron chi connectivity index (χ4n) is 3.35. The molecule has 1 aromatic rings. The van der Waals surface area contributed by atoms with Gasteiger partial charge in [0.1, 0.15) is 5.54 Å². The number of aryl methyl sites for hydroxylation is 1. The first-order valence-electron chi connectivity index (χ1n) is 8.22. The third kappa shape index (κ3) is 2.12. The molecule has 1 spiro atoms. The first-order chi connectivity index (χ1) is 10.5. The molecule has 2 fully saturated rings. The lowest BCUT2D eigenvalue weighted by molar-refractivity contribution is -0.124. The van der Waals surface area contributed by atoms with Crippen molar-refractivity contribution in [2.75, 3.05) is 4.90 Å². The highest BCUT2D eigenvalue weighted by Gasteiger charge is 2.55. The summed E-state index contributed by atoms with van der Waals surface area (Å²) in [7, 11) is 0. The average molecular weight is 304 g/mol. The largest absolute Gasteiger partial charge is 0.329 e. The molecule has 1 N–H and O–H groups in total. The Balaban J connectivity index is 1.96. The van der Waals surface area contributed by atoms with Gasteiger partial charge < -0.3 is 5.32 Å². The smallest absolute Gasteiger partial charge is 0.323 e. The number of aromatic nitrogens is 2. The van der Waals surface area contributed by atoms with Crippen molar-refractivity contribution < 1.29 is 9.59 Å². The van der Waals surface area contributed by atoms with Crippen LogP contribution in [0.1, 0.15) is 64.5 Å². The maximum Gasteiger partial charge on any atom is 0.329 e. The maximum atomic E-state index is 12.7. The highest BCUT2D eigenvalue weighted by atomic mass is 16.2. The molecule has 1 saturated heterocycles. The fraction of sp³-hybridized carbons (Fsp3) is 0.688. The van der Waals surface area contributed by atoms with E-state index in [0.717, 1.165) is 44.3 Å². The minimum atomic E-state index is -0.642. The second kappa shape index (κ2) is 5.41. The molecule has 6 nitrogen and oxygen atoms in total. The first kappa shape index (κ1) is 15.1. The summed E-state index contributed by atoms with van der Waals surface area (Å²) in [6, 6.07) is -0.304. The number of anilines is 1. The lowest BCUT2D eigenvalue weighted by Gasteiger charge is -2.34. The van der Waals surface area contributed by atoms with Crippen LogP contribution in [0.15, 0.2) is 6.20 Å². The Kier molecular flexibility index (Phi) is 3.70. The molecule has 0 aromatic carbocycles. The molecule has 0 atom stereocenters. The predicted octanol–water partition coefficient (Wildman–Crippen LogP) is 2.79. The molecular weight excluding hydrogens is 280 g/mol. The van der Waals surface area contributed by atoms with E-state index in [1.54, 1.807) is 6.20 Å². The monoisotopic (exact) mass is 304 g/mol. The van der Waals surface area contributed by atoms with E-state index in [4.69, 9.17) is 0 Å². The number of carbonyl (C=O) groups is 2. The van der Waals surface area contributed by atoms with E-state index in [1.165, 1.54) is 4.90 Å². The summed E-state index contributed by atoms with van der Waals surface area (Å²) in [6.07, 6.45) is 6.26. The molecule has 3 rings (SSSR count). The SMILES string of the molecule is CCCCn1ncc(N2C(=O)NC3(CCC3)C2=O)c1C(C)C. The van der Waals surface area contributed by atoms with Crippen molar-refractivity contribution in [3.05, 3.63) is 11.9 Å². The van der Waals surface area contributed by atoms with Gasteiger partial charge in [0.05, 0.1) is 17.6 Å². The summed E-state index contributed by atoms with van der Waals surface area (Å²) < 4.78 is 1.94. The normalized spacial score (nSPS) is 19.9. The molecule has 2 aliphatic rings. The minimum Gasteiger partial charge on any atom is -0.323 e. The van der Waals surface area contributed by atoms with Crippen LogP contribution >= 0.6 is 0 Å². The maximum absolute atomic E-state index is 12.7. The zero-order valence-corrected chi connectivity index (χ0v) is 13.6. The van der Waals surface area contributed by atoms with Crippen LogP contribution in [0.25, 0.3) is 0 Å². The summed E-state index contributed by atoms with van der Waals surface area (Å²) in [4.78, 5) is 26.4. The number of carbonyl (C=O) groups excluding carboxylic acids is 2. The summed E-state index contributed by atoms with van der Waals surface area (Å²) in [5.74, 6) is 0.0913. The molecule has 22 heavy (non-hydrogen) atoms. The third-order valence-corrected chi connectivity index (χ3v) is 4.74. The van der Waals surface area contributed by atoms with Gasteiger partial charge in [-0.3, -0.25) is 9.48 Å². The highest BCUT2D eigenvalue weighted by Crippen LogP contribution is 2.40. The van der Waals surface area contributed by atoms with Crippen molar-refractivity contribution in [3.63, 3.8) is 0 Å². The molecule has 1 aliphatic heterocycles. The van der Waals surface area contributed by atoms with Crippen molar-refractivity contribution in [2.45, 2.75) is 70.9 Å². The molecule has 2 heterocycles. The van der Waals surface area contributed by atoms with Crippen LogP contribution in [0, 0.1) is 0 Å². The Morgan fingerprint density at radius 2 is 2.09 bits per heavy atom. The van der Waals surface area contributed by atoms with Gasteiger partial charge >= 0.3 is 6.03 Å². The molecule has 0 bridgehead atoms. The zero-order chi connectivity index (χ0) is 15.9. The number of unbranched alkanes of at least 4 members (excludes halogenated alkanes) is 1. The molecule has 0 radical (unpaired) electrons. The molecule has 3 amide bonds. The van der Waals surface area contributed by atoms with Crippen molar-refractivity contribution in [1.82, 2.24) is 15.1 Å². The van der Waals surface area contributed by atoms with E-state index in [1.807, 2.05) is 4.68 Å². The van der Waals surface area contributed by atoms with E-state index >= 15 is 0 Å². The number of urea groups is 1. The Morgan fingerprint density at radius 3 is 2.59 bits per heavy atom. The van der Waals surface area contributed by atoms with Crippen molar-refractivity contribution >= 4 is 17.6 Å². The molecule has 120 valence electrons. The van der Waals surface area contributed by atoms with Crippen molar-refractivity contribution in [3.8, 4) is 0 Å².